The number of aromatic nitrogens is 1. The first-order valence-corrected chi connectivity index (χ1v) is 6.12. The van der Waals surface area contributed by atoms with Gasteiger partial charge >= 0.3 is 0 Å². The van der Waals surface area contributed by atoms with Gasteiger partial charge in [-0.1, -0.05) is 0 Å². The minimum absolute atomic E-state index is 0.197. The zero-order valence-corrected chi connectivity index (χ0v) is 11.6. The molecular formula is C11H9Br2NO2. The lowest BCUT2D eigenvalue weighted by Crippen LogP contribution is -1.92. The minimum atomic E-state index is 0.197. The molecule has 16 heavy (non-hydrogen) atoms. The molecule has 0 aliphatic rings. The highest BCUT2D eigenvalue weighted by Gasteiger charge is 2.11. The van der Waals surface area contributed by atoms with E-state index in [1.165, 1.54) is 0 Å². The molecule has 1 aromatic carbocycles. The maximum absolute atomic E-state index is 9.56. The van der Waals surface area contributed by atoms with Crippen LogP contribution in [0.15, 0.2) is 39.5 Å². The second-order valence-electron chi connectivity index (χ2n) is 3.19. The summed E-state index contributed by atoms with van der Waals surface area (Å²) < 4.78 is 8.33. The lowest BCUT2D eigenvalue weighted by molar-refractivity contribution is 0.414. The van der Waals surface area contributed by atoms with Crippen molar-refractivity contribution in [2.24, 2.45) is 0 Å². The Morgan fingerprint density at radius 3 is 2.25 bits per heavy atom. The Kier molecular flexibility index (Phi) is 3.25. The van der Waals surface area contributed by atoms with Crippen LogP contribution in [0.4, 0.5) is 0 Å². The molecule has 1 aromatic heterocycles. The molecule has 0 unspecified atom stereocenters. The fraction of sp³-hybridized carbons (Fsp3) is 0.0909. The summed E-state index contributed by atoms with van der Waals surface area (Å²) in [5.41, 5.74) is 0.939. The number of ether oxygens (including phenoxy) is 1. The highest BCUT2D eigenvalue weighted by atomic mass is 79.9. The zero-order valence-electron chi connectivity index (χ0n) is 8.45. The highest BCUT2D eigenvalue weighted by Crippen LogP contribution is 2.35. The van der Waals surface area contributed by atoms with Gasteiger partial charge in [0.05, 0.1) is 17.8 Å². The molecule has 1 N–H and O–H groups in total. The summed E-state index contributed by atoms with van der Waals surface area (Å²) in [6.07, 6.45) is 1.63. The van der Waals surface area contributed by atoms with E-state index >= 15 is 0 Å². The van der Waals surface area contributed by atoms with E-state index in [9.17, 15) is 5.11 Å². The molecule has 0 spiro atoms. The van der Waals surface area contributed by atoms with E-state index < -0.39 is 0 Å². The van der Waals surface area contributed by atoms with Crippen molar-refractivity contribution in [2.45, 2.75) is 0 Å². The van der Waals surface area contributed by atoms with Gasteiger partial charge in [0, 0.05) is 5.69 Å². The van der Waals surface area contributed by atoms with Gasteiger partial charge in [-0.2, -0.15) is 0 Å². The monoisotopic (exact) mass is 345 g/mol. The highest BCUT2D eigenvalue weighted by molar-refractivity contribution is 9.13. The normalized spacial score (nSPS) is 10.4. The van der Waals surface area contributed by atoms with Crippen molar-refractivity contribution < 1.29 is 9.84 Å². The summed E-state index contributed by atoms with van der Waals surface area (Å²) in [4.78, 5) is 0. The Balaban J connectivity index is 2.46. The molecule has 84 valence electrons. The maximum atomic E-state index is 9.56. The number of benzene rings is 1. The molecule has 0 radical (unpaired) electrons. The Labute approximate surface area is 110 Å². The largest absolute Gasteiger partial charge is 0.505 e. The molecule has 2 rings (SSSR count). The van der Waals surface area contributed by atoms with Crippen LogP contribution in [-0.4, -0.2) is 16.8 Å². The van der Waals surface area contributed by atoms with E-state index in [-0.39, 0.29) is 5.75 Å². The first-order chi connectivity index (χ1) is 7.63. The van der Waals surface area contributed by atoms with Crippen molar-refractivity contribution >= 4 is 31.9 Å². The van der Waals surface area contributed by atoms with Crippen LogP contribution in [0.2, 0.25) is 0 Å². The van der Waals surface area contributed by atoms with Gasteiger partial charge in [0.25, 0.3) is 0 Å². The lowest BCUT2D eigenvalue weighted by atomic mass is 10.3. The number of hydrogen-bond acceptors (Lipinski definition) is 2. The van der Waals surface area contributed by atoms with Crippen molar-refractivity contribution in [3.8, 4) is 17.2 Å². The van der Waals surface area contributed by atoms with E-state index in [0.717, 1.165) is 16.0 Å². The van der Waals surface area contributed by atoms with Crippen LogP contribution in [0.5, 0.6) is 11.5 Å². The van der Waals surface area contributed by atoms with Gasteiger partial charge in [-0.15, -0.1) is 0 Å². The number of hydrogen-bond donors (Lipinski definition) is 1. The van der Waals surface area contributed by atoms with Crippen molar-refractivity contribution in [1.29, 1.82) is 0 Å². The van der Waals surface area contributed by atoms with E-state index in [1.807, 2.05) is 28.8 Å². The van der Waals surface area contributed by atoms with Crippen molar-refractivity contribution in [3.63, 3.8) is 0 Å². The second-order valence-corrected chi connectivity index (χ2v) is 4.73. The summed E-state index contributed by atoms with van der Waals surface area (Å²) in [6, 6.07) is 7.56. The molecule has 0 saturated carbocycles. The standard InChI is InChI=1S/C11H9Br2NO2/c1-16-8-4-2-7(3-5-8)14-6-9(15)10(12)11(14)13/h2-6,15H,1H3. The van der Waals surface area contributed by atoms with E-state index in [2.05, 4.69) is 31.9 Å². The van der Waals surface area contributed by atoms with Gasteiger partial charge in [-0.05, 0) is 56.1 Å². The quantitative estimate of drug-likeness (QED) is 0.899. The molecule has 0 aliphatic heterocycles. The van der Waals surface area contributed by atoms with Gasteiger partial charge in [0.2, 0.25) is 0 Å². The fourth-order valence-electron chi connectivity index (χ4n) is 1.38. The third-order valence-electron chi connectivity index (χ3n) is 2.22. The first kappa shape index (κ1) is 11.5. The Morgan fingerprint density at radius 1 is 1.19 bits per heavy atom. The Morgan fingerprint density at radius 2 is 1.81 bits per heavy atom. The van der Waals surface area contributed by atoms with Crippen molar-refractivity contribution in [1.82, 2.24) is 4.57 Å². The summed E-state index contributed by atoms with van der Waals surface area (Å²) in [6.45, 7) is 0. The number of aromatic hydroxyl groups is 1. The summed E-state index contributed by atoms with van der Waals surface area (Å²) in [5.74, 6) is 0.998. The molecular weight excluding hydrogens is 338 g/mol. The zero-order chi connectivity index (χ0) is 11.7. The first-order valence-electron chi connectivity index (χ1n) is 4.53. The average molecular weight is 347 g/mol. The SMILES string of the molecule is COc1ccc(-n2cc(O)c(Br)c2Br)cc1. The van der Waals surface area contributed by atoms with Gasteiger partial charge in [-0.25, -0.2) is 0 Å². The summed E-state index contributed by atoms with van der Waals surface area (Å²) >= 11 is 6.68. The predicted octanol–water partition coefficient (Wildman–Crippen LogP) is 3.72. The van der Waals surface area contributed by atoms with Crippen LogP contribution in [0.25, 0.3) is 5.69 Å². The van der Waals surface area contributed by atoms with Crippen LogP contribution in [-0.2, 0) is 0 Å². The van der Waals surface area contributed by atoms with E-state index in [1.54, 1.807) is 13.3 Å². The van der Waals surface area contributed by atoms with Crippen molar-refractivity contribution in [3.05, 3.63) is 39.5 Å². The molecule has 0 amide bonds. The topological polar surface area (TPSA) is 34.4 Å². The molecule has 5 heteroatoms. The minimum Gasteiger partial charge on any atom is -0.505 e. The summed E-state index contributed by atoms with van der Waals surface area (Å²) in [5, 5.41) is 9.56. The second kappa shape index (κ2) is 4.51. The van der Waals surface area contributed by atoms with Crippen LogP contribution in [0, 0.1) is 0 Å². The number of halogens is 2. The van der Waals surface area contributed by atoms with E-state index in [0.29, 0.717) is 4.47 Å². The van der Waals surface area contributed by atoms with Crippen LogP contribution in [0.1, 0.15) is 0 Å². The van der Waals surface area contributed by atoms with Crippen molar-refractivity contribution in [2.75, 3.05) is 7.11 Å². The molecule has 0 saturated heterocycles. The third-order valence-corrected chi connectivity index (χ3v) is 4.31. The van der Waals surface area contributed by atoms with Gasteiger partial charge in [0.1, 0.15) is 16.1 Å². The van der Waals surface area contributed by atoms with Gasteiger partial charge < -0.3 is 14.4 Å². The molecule has 0 bridgehead atoms. The Bertz CT molecular complexity index is 505. The van der Waals surface area contributed by atoms with Crippen LogP contribution >= 0.6 is 31.9 Å². The third kappa shape index (κ3) is 1.97. The molecule has 2 aromatic rings. The van der Waals surface area contributed by atoms with Gasteiger partial charge in [-0.3, -0.25) is 0 Å². The molecule has 0 aliphatic carbocycles. The molecule has 0 atom stereocenters. The number of rotatable bonds is 2. The maximum Gasteiger partial charge on any atom is 0.149 e. The number of nitrogens with zero attached hydrogens (tertiary/aromatic N) is 1. The summed E-state index contributed by atoms with van der Waals surface area (Å²) in [7, 11) is 1.63. The van der Waals surface area contributed by atoms with Gasteiger partial charge in [0.15, 0.2) is 0 Å². The predicted molar refractivity (Wildman–Crippen MR) is 69.4 cm³/mol. The fourth-order valence-corrected chi connectivity index (χ4v) is 2.18. The lowest BCUT2D eigenvalue weighted by Gasteiger charge is -2.05. The smallest absolute Gasteiger partial charge is 0.149 e. The molecule has 1 heterocycles. The number of methoxy groups -OCH3 is 1. The van der Waals surface area contributed by atoms with E-state index in [4.69, 9.17) is 4.74 Å². The Hall–Kier alpha value is -0.940. The van der Waals surface area contributed by atoms with Crippen LogP contribution < -0.4 is 4.74 Å². The van der Waals surface area contributed by atoms with Crippen LogP contribution in [0.3, 0.4) is 0 Å². The average Bonchev–Trinajstić information content (AvgIpc) is 2.57. The molecule has 0 fully saturated rings. The molecule has 3 nitrogen and oxygen atoms in total.